The summed E-state index contributed by atoms with van der Waals surface area (Å²) in [6.45, 7) is 14.2. The molecule has 0 aliphatic heterocycles. The van der Waals surface area contributed by atoms with Crippen molar-refractivity contribution in [3.05, 3.63) is 47.8 Å². The summed E-state index contributed by atoms with van der Waals surface area (Å²) < 4.78 is 23.7. The van der Waals surface area contributed by atoms with Crippen LogP contribution in [0.25, 0.3) is 0 Å². The van der Waals surface area contributed by atoms with Crippen molar-refractivity contribution >= 4 is 29.5 Å². The van der Waals surface area contributed by atoms with Crippen LogP contribution in [0.5, 0.6) is 0 Å². The van der Waals surface area contributed by atoms with Gasteiger partial charge in [0, 0.05) is 19.4 Å². The summed E-state index contributed by atoms with van der Waals surface area (Å²) in [6, 6.07) is 8.09. The molecule has 296 valence electrons. The zero-order valence-electron chi connectivity index (χ0n) is 32.0. The Hall–Kier alpha value is -4.45. The summed E-state index contributed by atoms with van der Waals surface area (Å²) in [6.07, 6.45) is 2.08. The standard InChI is InChI=1S/C36H58N8O9/c1-35(2,3)26-40-32(47)22-39-34(49)29(20-27-10-8-7-9-11-27)41-33(48)23-38-31(46)21-37-30(45)12-13-50-14-15-51-16-17-52-18-19-53-25-28-24-44(43-42-28)36(4,5)6/h7-11,24,29H,12-23,25-26H2,1-6H3,(H,37,45)(H,38,46)(H,39,49)(H,40,47)(H,41,48)/t29-/m0/s1. The van der Waals surface area contributed by atoms with Crippen molar-refractivity contribution in [3.63, 3.8) is 0 Å². The lowest BCUT2D eigenvalue weighted by Gasteiger charge is -2.20. The lowest BCUT2D eigenvalue weighted by molar-refractivity contribution is -0.131. The van der Waals surface area contributed by atoms with Gasteiger partial charge in [0.15, 0.2) is 0 Å². The fraction of sp³-hybridized carbons (Fsp3) is 0.639. The summed E-state index contributed by atoms with van der Waals surface area (Å²) in [4.78, 5) is 62.1. The van der Waals surface area contributed by atoms with E-state index < -0.39 is 36.2 Å². The van der Waals surface area contributed by atoms with Crippen LogP contribution in [0.1, 0.15) is 59.2 Å². The van der Waals surface area contributed by atoms with Crippen LogP contribution in [0.15, 0.2) is 36.5 Å². The average Bonchev–Trinajstić information content (AvgIpc) is 3.60. The van der Waals surface area contributed by atoms with Crippen LogP contribution in [-0.4, -0.2) is 123 Å². The van der Waals surface area contributed by atoms with Crippen LogP contribution in [0.3, 0.4) is 0 Å². The van der Waals surface area contributed by atoms with E-state index in [2.05, 4.69) is 36.9 Å². The van der Waals surface area contributed by atoms with E-state index in [-0.39, 0.29) is 56.0 Å². The van der Waals surface area contributed by atoms with E-state index in [9.17, 15) is 24.0 Å². The summed E-state index contributed by atoms with van der Waals surface area (Å²) in [7, 11) is 0. The van der Waals surface area contributed by atoms with Crippen molar-refractivity contribution in [2.24, 2.45) is 5.41 Å². The zero-order chi connectivity index (χ0) is 39.1. The maximum Gasteiger partial charge on any atom is 0.243 e. The molecule has 17 nitrogen and oxygen atoms in total. The predicted octanol–water partition coefficient (Wildman–Crippen LogP) is 0.228. The second kappa shape index (κ2) is 24.0. The molecule has 1 heterocycles. The maximum atomic E-state index is 12.9. The van der Waals surface area contributed by atoms with Crippen molar-refractivity contribution in [1.29, 1.82) is 0 Å². The SMILES string of the molecule is CC(C)(C)CNC(=O)CNC(=O)[C@H](Cc1ccccc1)NC(=O)CNC(=O)CNC(=O)CCOCCOCCOCCOCc1cn(C(C)(C)C)nn1. The highest BCUT2D eigenvalue weighted by Crippen LogP contribution is 2.12. The second-order valence-electron chi connectivity index (χ2n) is 14.4. The molecule has 0 radical (unpaired) electrons. The molecule has 1 aromatic carbocycles. The van der Waals surface area contributed by atoms with E-state index in [0.29, 0.717) is 46.2 Å². The highest BCUT2D eigenvalue weighted by atomic mass is 16.6. The van der Waals surface area contributed by atoms with Gasteiger partial charge in [-0.3, -0.25) is 24.0 Å². The lowest BCUT2D eigenvalue weighted by atomic mass is 9.97. The number of hydrogen-bond acceptors (Lipinski definition) is 11. The topological polar surface area (TPSA) is 213 Å². The number of rotatable bonds is 25. The fourth-order valence-electron chi connectivity index (χ4n) is 4.22. The van der Waals surface area contributed by atoms with E-state index in [0.717, 1.165) is 11.3 Å². The second-order valence-corrected chi connectivity index (χ2v) is 14.4. The van der Waals surface area contributed by atoms with Gasteiger partial charge in [-0.15, -0.1) is 5.10 Å². The van der Waals surface area contributed by atoms with Crippen LogP contribution >= 0.6 is 0 Å². The molecule has 0 spiro atoms. The number of carbonyl (C=O) groups is 5. The van der Waals surface area contributed by atoms with Gasteiger partial charge in [0.05, 0.1) is 84.2 Å². The number of aromatic nitrogens is 3. The first-order valence-corrected chi connectivity index (χ1v) is 17.8. The van der Waals surface area contributed by atoms with Gasteiger partial charge in [-0.1, -0.05) is 56.3 Å². The number of benzene rings is 1. The van der Waals surface area contributed by atoms with E-state index >= 15 is 0 Å². The van der Waals surface area contributed by atoms with Gasteiger partial charge in [0.2, 0.25) is 29.5 Å². The summed E-state index contributed by atoms with van der Waals surface area (Å²) in [5, 5.41) is 21.0. The van der Waals surface area contributed by atoms with E-state index in [1.165, 1.54) is 0 Å². The molecular formula is C36H58N8O9. The first-order valence-electron chi connectivity index (χ1n) is 17.8. The van der Waals surface area contributed by atoms with Crippen LogP contribution < -0.4 is 26.6 Å². The lowest BCUT2D eigenvalue weighted by Crippen LogP contribution is -2.52. The van der Waals surface area contributed by atoms with Crippen molar-refractivity contribution in [2.45, 2.75) is 72.6 Å². The fourth-order valence-corrected chi connectivity index (χ4v) is 4.22. The quantitative estimate of drug-likeness (QED) is 0.0868. The Morgan fingerprint density at radius 3 is 1.83 bits per heavy atom. The third-order valence-corrected chi connectivity index (χ3v) is 7.13. The van der Waals surface area contributed by atoms with Crippen molar-refractivity contribution in [1.82, 2.24) is 41.6 Å². The third-order valence-electron chi connectivity index (χ3n) is 7.13. The average molecular weight is 747 g/mol. The van der Waals surface area contributed by atoms with Gasteiger partial charge in [-0.25, -0.2) is 4.68 Å². The van der Waals surface area contributed by atoms with Gasteiger partial charge in [0.25, 0.3) is 0 Å². The van der Waals surface area contributed by atoms with E-state index in [1.54, 1.807) is 4.68 Å². The number of carbonyl (C=O) groups excluding carboxylic acids is 5. The molecule has 1 aromatic heterocycles. The van der Waals surface area contributed by atoms with Gasteiger partial charge in [0.1, 0.15) is 11.7 Å². The smallest absolute Gasteiger partial charge is 0.243 e. The zero-order valence-corrected chi connectivity index (χ0v) is 32.0. The van der Waals surface area contributed by atoms with Crippen molar-refractivity contribution in [2.75, 3.05) is 72.4 Å². The Labute approximate surface area is 312 Å². The molecule has 0 bridgehead atoms. The van der Waals surface area contributed by atoms with Crippen LogP contribution in [0.4, 0.5) is 0 Å². The molecule has 17 heteroatoms. The van der Waals surface area contributed by atoms with Crippen LogP contribution in [0.2, 0.25) is 0 Å². The summed E-state index contributed by atoms with van der Waals surface area (Å²) in [5.74, 6) is -2.47. The van der Waals surface area contributed by atoms with Crippen molar-refractivity contribution in [3.8, 4) is 0 Å². The van der Waals surface area contributed by atoms with Gasteiger partial charge in [-0.05, 0) is 31.7 Å². The largest absolute Gasteiger partial charge is 0.379 e. The molecular weight excluding hydrogens is 688 g/mol. The molecule has 53 heavy (non-hydrogen) atoms. The van der Waals surface area contributed by atoms with E-state index in [1.807, 2.05) is 78.1 Å². The monoisotopic (exact) mass is 746 g/mol. The number of nitrogens with one attached hydrogen (secondary N) is 5. The Balaban J connectivity index is 1.52. The Kier molecular flexibility index (Phi) is 20.2. The molecule has 1 atom stereocenters. The van der Waals surface area contributed by atoms with Gasteiger partial charge >= 0.3 is 0 Å². The molecule has 0 saturated heterocycles. The summed E-state index contributed by atoms with van der Waals surface area (Å²) in [5.41, 5.74) is 1.31. The molecule has 0 saturated carbocycles. The van der Waals surface area contributed by atoms with Crippen LogP contribution in [-0.2, 0) is 61.5 Å². The minimum Gasteiger partial charge on any atom is -0.379 e. The third kappa shape index (κ3) is 21.6. The first kappa shape index (κ1) is 44.7. The molecule has 0 fully saturated rings. The minimum absolute atomic E-state index is 0.0356. The Morgan fingerprint density at radius 1 is 0.679 bits per heavy atom. The molecule has 0 aliphatic rings. The summed E-state index contributed by atoms with van der Waals surface area (Å²) >= 11 is 0. The Morgan fingerprint density at radius 2 is 1.23 bits per heavy atom. The predicted molar refractivity (Wildman–Crippen MR) is 195 cm³/mol. The van der Waals surface area contributed by atoms with Crippen molar-refractivity contribution < 1.29 is 42.9 Å². The molecule has 0 aliphatic carbocycles. The minimum atomic E-state index is -0.985. The molecule has 2 aromatic rings. The van der Waals surface area contributed by atoms with Gasteiger partial charge in [-0.2, -0.15) is 0 Å². The van der Waals surface area contributed by atoms with E-state index in [4.69, 9.17) is 18.9 Å². The first-order chi connectivity index (χ1) is 25.1. The maximum absolute atomic E-state index is 12.9. The normalized spacial score (nSPS) is 12.1. The molecule has 5 amide bonds. The number of ether oxygens (including phenoxy) is 4. The highest BCUT2D eigenvalue weighted by Gasteiger charge is 2.23. The molecule has 2 rings (SSSR count). The number of amides is 5. The number of hydrogen-bond donors (Lipinski definition) is 5. The van der Waals surface area contributed by atoms with Crippen LogP contribution in [0, 0.1) is 5.41 Å². The number of nitrogens with zero attached hydrogens (tertiary/aromatic N) is 3. The highest BCUT2D eigenvalue weighted by molar-refractivity contribution is 5.92. The Bertz CT molecular complexity index is 1410. The molecule has 5 N–H and O–H groups in total. The molecule has 0 unspecified atom stereocenters. The van der Waals surface area contributed by atoms with Gasteiger partial charge < -0.3 is 45.5 Å².